The minimum absolute atomic E-state index is 0.0326. The first kappa shape index (κ1) is 27.0. The standard InChI is InChI=1S/C30H47N3O3/c1-7-9-16-30(17-10-8-2)20-33(21-30)19-24-25-15-18-29(5,28(25,3)4)26(24)32-36-27(34)31-22-11-13-23(35-6)14-12-22/h11-14,24-25H,7-10,15-21H2,1-6H3,(H,31,34)/b32-26-/t24?,25-,29+/m1/s1. The summed E-state index contributed by atoms with van der Waals surface area (Å²) in [6.45, 7) is 15.2. The highest BCUT2D eigenvalue weighted by Crippen LogP contribution is 2.66. The molecule has 3 aliphatic rings. The summed E-state index contributed by atoms with van der Waals surface area (Å²) in [5.74, 6) is 1.67. The molecule has 2 aliphatic carbocycles. The molecule has 1 aromatic carbocycles. The second kappa shape index (κ2) is 10.7. The highest BCUT2D eigenvalue weighted by molar-refractivity contribution is 5.97. The number of carbonyl (C=O) groups excluding carboxylic acids is 1. The number of unbranched alkanes of at least 4 members (excludes halogenated alkanes) is 2. The Morgan fingerprint density at radius 3 is 2.31 bits per heavy atom. The topological polar surface area (TPSA) is 63.2 Å². The van der Waals surface area contributed by atoms with Crippen LogP contribution in [0.4, 0.5) is 10.5 Å². The molecular weight excluding hydrogens is 450 g/mol. The van der Waals surface area contributed by atoms with Gasteiger partial charge in [0.15, 0.2) is 0 Å². The highest BCUT2D eigenvalue weighted by atomic mass is 16.7. The summed E-state index contributed by atoms with van der Waals surface area (Å²) in [6, 6.07) is 7.21. The largest absolute Gasteiger partial charge is 0.497 e. The van der Waals surface area contributed by atoms with Crippen molar-refractivity contribution in [1.82, 2.24) is 4.90 Å². The molecule has 4 rings (SSSR count). The van der Waals surface area contributed by atoms with Crippen LogP contribution in [0, 0.1) is 28.1 Å². The molecule has 6 heteroatoms. The van der Waals surface area contributed by atoms with Crippen LogP contribution in [0.25, 0.3) is 0 Å². The smallest absolute Gasteiger partial charge is 0.437 e. The number of carbonyl (C=O) groups is 1. The maximum atomic E-state index is 12.6. The Morgan fingerprint density at radius 1 is 1.08 bits per heavy atom. The van der Waals surface area contributed by atoms with Crippen molar-refractivity contribution in [3.05, 3.63) is 24.3 Å². The molecule has 1 saturated heterocycles. The summed E-state index contributed by atoms with van der Waals surface area (Å²) in [5.41, 5.74) is 2.38. The first-order chi connectivity index (χ1) is 17.2. The number of ether oxygens (including phenoxy) is 1. The average molecular weight is 498 g/mol. The maximum absolute atomic E-state index is 12.6. The number of anilines is 1. The molecular formula is C30H47N3O3. The molecule has 0 radical (unpaired) electrons. The SMILES string of the molecule is CCCCC1(CCCC)CN(CC2/C(=N/OC(=O)Nc3ccc(OC)cc3)[C@]3(C)CC[C@H]2C3(C)C)C1. The highest BCUT2D eigenvalue weighted by Gasteiger charge is 2.65. The molecule has 1 aromatic rings. The van der Waals surface area contributed by atoms with E-state index in [4.69, 9.17) is 9.57 Å². The van der Waals surface area contributed by atoms with Crippen molar-refractivity contribution < 1.29 is 14.4 Å². The van der Waals surface area contributed by atoms with Crippen LogP contribution in [0.15, 0.2) is 29.4 Å². The van der Waals surface area contributed by atoms with Crippen LogP contribution in [0.1, 0.15) is 86.0 Å². The van der Waals surface area contributed by atoms with Gasteiger partial charge in [0.1, 0.15) is 5.75 Å². The average Bonchev–Trinajstić information content (AvgIpc) is 3.16. The van der Waals surface area contributed by atoms with Crippen molar-refractivity contribution in [3.8, 4) is 5.75 Å². The van der Waals surface area contributed by atoms with E-state index in [2.05, 4.69) is 50.0 Å². The third-order valence-electron chi connectivity index (χ3n) is 9.96. The quantitative estimate of drug-likeness (QED) is 0.256. The zero-order valence-electron chi connectivity index (χ0n) is 23.4. The van der Waals surface area contributed by atoms with E-state index in [9.17, 15) is 4.79 Å². The van der Waals surface area contributed by atoms with Crippen molar-refractivity contribution in [1.29, 1.82) is 0 Å². The Bertz CT molecular complexity index is 925. The van der Waals surface area contributed by atoms with E-state index >= 15 is 0 Å². The van der Waals surface area contributed by atoms with Gasteiger partial charge in [0, 0.05) is 36.7 Å². The van der Waals surface area contributed by atoms with Crippen LogP contribution in [0.2, 0.25) is 0 Å². The van der Waals surface area contributed by atoms with E-state index in [1.807, 2.05) is 12.1 Å². The minimum Gasteiger partial charge on any atom is -0.497 e. The predicted molar refractivity (Wildman–Crippen MR) is 147 cm³/mol. The summed E-state index contributed by atoms with van der Waals surface area (Å²) in [4.78, 5) is 20.7. The zero-order chi connectivity index (χ0) is 26.0. The molecule has 1 unspecified atom stereocenters. The number of amides is 1. The number of likely N-dealkylation sites (tertiary alicyclic amines) is 1. The lowest BCUT2D eigenvalue weighted by Crippen LogP contribution is -2.58. The van der Waals surface area contributed by atoms with Gasteiger partial charge < -0.3 is 9.64 Å². The van der Waals surface area contributed by atoms with Gasteiger partial charge in [0.25, 0.3) is 0 Å². The lowest BCUT2D eigenvalue weighted by atomic mass is 9.70. The van der Waals surface area contributed by atoms with E-state index < -0.39 is 6.09 Å². The van der Waals surface area contributed by atoms with Gasteiger partial charge in [-0.3, -0.25) is 10.2 Å². The van der Waals surface area contributed by atoms with Crippen molar-refractivity contribution >= 4 is 17.5 Å². The van der Waals surface area contributed by atoms with Crippen LogP contribution in [-0.4, -0.2) is 43.4 Å². The fourth-order valence-corrected chi connectivity index (χ4v) is 7.44. The monoisotopic (exact) mass is 497 g/mol. The molecule has 2 saturated carbocycles. The summed E-state index contributed by atoms with van der Waals surface area (Å²) in [7, 11) is 1.62. The van der Waals surface area contributed by atoms with Gasteiger partial charge in [-0.1, -0.05) is 65.5 Å². The molecule has 0 spiro atoms. The number of benzene rings is 1. The molecule has 1 N–H and O–H groups in total. The molecule has 36 heavy (non-hydrogen) atoms. The second-order valence-corrected chi connectivity index (χ2v) is 12.4. The number of hydrogen-bond acceptors (Lipinski definition) is 5. The van der Waals surface area contributed by atoms with Gasteiger partial charge in [-0.05, 0) is 66.7 Å². The van der Waals surface area contributed by atoms with Crippen LogP contribution in [0.5, 0.6) is 5.75 Å². The van der Waals surface area contributed by atoms with Gasteiger partial charge in [-0.15, -0.1) is 0 Å². The fraction of sp³-hybridized carbons (Fsp3) is 0.733. The van der Waals surface area contributed by atoms with E-state index in [1.165, 1.54) is 58.0 Å². The predicted octanol–water partition coefficient (Wildman–Crippen LogP) is 7.35. The van der Waals surface area contributed by atoms with E-state index in [1.54, 1.807) is 19.2 Å². The Hall–Kier alpha value is -2.08. The molecule has 1 amide bonds. The fourth-order valence-electron chi connectivity index (χ4n) is 7.44. The molecule has 3 atom stereocenters. The first-order valence-electron chi connectivity index (χ1n) is 14.1. The van der Waals surface area contributed by atoms with Crippen molar-refractivity contribution in [3.63, 3.8) is 0 Å². The van der Waals surface area contributed by atoms with Gasteiger partial charge >= 0.3 is 6.09 Å². The Kier molecular flexibility index (Phi) is 8.04. The van der Waals surface area contributed by atoms with E-state index in [0.29, 0.717) is 22.9 Å². The van der Waals surface area contributed by atoms with E-state index in [0.717, 1.165) is 24.4 Å². The van der Waals surface area contributed by atoms with Crippen LogP contribution in [0.3, 0.4) is 0 Å². The van der Waals surface area contributed by atoms with Gasteiger partial charge in [-0.25, -0.2) is 4.79 Å². The molecule has 2 bridgehead atoms. The minimum atomic E-state index is -0.544. The number of oxime groups is 1. The van der Waals surface area contributed by atoms with Gasteiger partial charge in [-0.2, -0.15) is 0 Å². The van der Waals surface area contributed by atoms with Crippen LogP contribution in [-0.2, 0) is 4.84 Å². The Morgan fingerprint density at radius 2 is 1.72 bits per heavy atom. The number of nitrogens with zero attached hydrogens (tertiary/aromatic N) is 2. The third kappa shape index (κ3) is 5.03. The molecule has 6 nitrogen and oxygen atoms in total. The van der Waals surface area contributed by atoms with E-state index in [-0.39, 0.29) is 10.8 Å². The zero-order valence-corrected chi connectivity index (χ0v) is 23.4. The normalized spacial score (nSPS) is 29.2. The van der Waals surface area contributed by atoms with Crippen LogP contribution < -0.4 is 10.1 Å². The lowest BCUT2D eigenvalue weighted by Gasteiger charge is -2.52. The third-order valence-corrected chi connectivity index (χ3v) is 9.96. The van der Waals surface area contributed by atoms with Crippen molar-refractivity contribution in [2.45, 2.75) is 86.0 Å². The summed E-state index contributed by atoms with van der Waals surface area (Å²) >= 11 is 0. The second-order valence-electron chi connectivity index (χ2n) is 12.4. The maximum Gasteiger partial charge on any atom is 0.437 e. The molecule has 1 heterocycles. The molecule has 3 fully saturated rings. The van der Waals surface area contributed by atoms with Gasteiger partial charge in [0.2, 0.25) is 0 Å². The number of hydrogen-bond donors (Lipinski definition) is 1. The number of rotatable bonds is 11. The Balaban J connectivity index is 1.44. The molecule has 1 aliphatic heterocycles. The molecule has 200 valence electrons. The van der Waals surface area contributed by atoms with Crippen molar-refractivity contribution in [2.24, 2.45) is 33.2 Å². The summed E-state index contributed by atoms with van der Waals surface area (Å²) in [5, 5.41) is 7.37. The van der Waals surface area contributed by atoms with Gasteiger partial charge in [0.05, 0.1) is 12.8 Å². The number of fused-ring (bicyclic) bond motifs is 2. The summed E-state index contributed by atoms with van der Waals surface area (Å²) < 4.78 is 5.19. The molecule has 0 aromatic heterocycles. The van der Waals surface area contributed by atoms with Crippen LogP contribution >= 0.6 is 0 Å². The lowest BCUT2D eigenvalue weighted by molar-refractivity contribution is -0.0265. The number of methoxy groups -OCH3 is 1. The number of nitrogens with one attached hydrogen (secondary N) is 1. The Labute approximate surface area is 218 Å². The first-order valence-corrected chi connectivity index (χ1v) is 14.1. The van der Waals surface area contributed by atoms with Crippen molar-refractivity contribution in [2.75, 3.05) is 32.1 Å². The summed E-state index contributed by atoms with van der Waals surface area (Å²) in [6.07, 6.45) is 9.72.